The fourth-order valence-corrected chi connectivity index (χ4v) is 2.97. The summed E-state index contributed by atoms with van der Waals surface area (Å²) in [4.78, 5) is 6.54. The summed E-state index contributed by atoms with van der Waals surface area (Å²) in [6.07, 6.45) is 5.09. The summed E-state index contributed by atoms with van der Waals surface area (Å²) in [6.45, 7) is 5.04. The molecule has 0 amide bonds. The van der Waals surface area contributed by atoms with Crippen LogP contribution in [0.5, 0.6) is 0 Å². The van der Waals surface area contributed by atoms with Gasteiger partial charge in [-0.1, -0.05) is 24.9 Å². The number of hydrogen-bond donors (Lipinski definition) is 1. The number of nitrogens with one attached hydrogen (secondary N) is 1. The van der Waals surface area contributed by atoms with E-state index in [1.807, 2.05) is 6.92 Å². The molecule has 5 heteroatoms. The predicted molar refractivity (Wildman–Crippen MR) is 71.6 cm³/mol. The molecule has 0 radical (unpaired) electrons. The van der Waals surface area contributed by atoms with E-state index in [-0.39, 0.29) is 5.54 Å². The van der Waals surface area contributed by atoms with Crippen molar-refractivity contribution in [2.75, 3.05) is 26.0 Å². The smallest absolute Gasteiger partial charge is 0.321 e. The molecule has 0 spiro atoms. The molecule has 1 aliphatic carbocycles. The molecule has 18 heavy (non-hydrogen) atoms. The summed E-state index contributed by atoms with van der Waals surface area (Å²) in [5.41, 5.74) is 0.208. The van der Waals surface area contributed by atoms with Crippen LogP contribution in [0.3, 0.4) is 0 Å². The van der Waals surface area contributed by atoms with Crippen molar-refractivity contribution >= 4 is 6.01 Å². The van der Waals surface area contributed by atoms with E-state index < -0.39 is 0 Å². The first-order valence-corrected chi connectivity index (χ1v) is 6.73. The highest BCUT2D eigenvalue weighted by Gasteiger charge is 2.37. The highest BCUT2D eigenvalue weighted by atomic mass is 16.5. The first-order valence-electron chi connectivity index (χ1n) is 6.73. The van der Waals surface area contributed by atoms with Crippen LogP contribution in [0.1, 0.15) is 38.4 Å². The molecule has 1 aliphatic rings. The van der Waals surface area contributed by atoms with E-state index >= 15 is 0 Å². The van der Waals surface area contributed by atoms with Gasteiger partial charge < -0.3 is 14.7 Å². The molecule has 2 atom stereocenters. The lowest BCUT2D eigenvalue weighted by Crippen LogP contribution is -2.52. The number of aryl methyl sites for hydroxylation is 1. The molecule has 2 unspecified atom stereocenters. The summed E-state index contributed by atoms with van der Waals surface area (Å²) >= 11 is 0. The maximum atomic E-state index is 5.12. The van der Waals surface area contributed by atoms with E-state index in [1.54, 1.807) is 0 Å². The summed E-state index contributed by atoms with van der Waals surface area (Å²) in [6, 6.07) is 0.534. The molecule has 0 aromatic carbocycles. The Labute approximate surface area is 109 Å². The monoisotopic (exact) mass is 252 g/mol. The number of anilines is 1. The van der Waals surface area contributed by atoms with Crippen molar-refractivity contribution in [2.45, 2.75) is 45.1 Å². The van der Waals surface area contributed by atoms with Gasteiger partial charge in [-0.2, -0.15) is 4.98 Å². The quantitative estimate of drug-likeness (QED) is 0.891. The molecule has 1 heterocycles. The Bertz CT molecular complexity index is 390. The Morgan fingerprint density at radius 1 is 1.50 bits per heavy atom. The molecule has 1 N–H and O–H groups in total. The van der Waals surface area contributed by atoms with Gasteiger partial charge in [-0.3, -0.25) is 0 Å². The summed E-state index contributed by atoms with van der Waals surface area (Å²) in [5.74, 6) is 1.46. The summed E-state index contributed by atoms with van der Waals surface area (Å²) in [7, 11) is 4.33. The van der Waals surface area contributed by atoms with Crippen LogP contribution in [0.25, 0.3) is 0 Å². The van der Waals surface area contributed by atoms with Crippen molar-refractivity contribution in [1.82, 2.24) is 15.0 Å². The normalized spacial score (nSPS) is 28.6. The number of nitrogens with zero attached hydrogens (tertiary/aromatic N) is 3. The fourth-order valence-electron chi connectivity index (χ4n) is 2.97. The fraction of sp³-hybridized carbons (Fsp3) is 0.846. The van der Waals surface area contributed by atoms with Gasteiger partial charge in [0.25, 0.3) is 0 Å². The Hall–Kier alpha value is -1.10. The van der Waals surface area contributed by atoms with Crippen LogP contribution in [0.15, 0.2) is 4.52 Å². The van der Waals surface area contributed by atoms with Crippen LogP contribution in [0, 0.1) is 12.8 Å². The van der Waals surface area contributed by atoms with Crippen LogP contribution in [-0.2, 0) is 0 Å². The third kappa shape index (κ3) is 2.83. The maximum Gasteiger partial charge on any atom is 0.321 e. The van der Waals surface area contributed by atoms with E-state index in [0.29, 0.717) is 11.8 Å². The van der Waals surface area contributed by atoms with Crippen molar-refractivity contribution in [3.05, 3.63) is 5.82 Å². The minimum atomic E-state index is 0.208. The Kier molecular flexibility index (Phi) is 3.90. The van der Waals surface area contributed by atoms with Gasteiger partial charge in [0, 0.05) is 12.1 Å². The topological polar surface area (TPSA) is 54.2 Å². The number of hydrogen-bond acceptors (Lipinski definition) is 5. The zero-order valence-electron chi connectivity index (χ0n) is 11.9. The molecule has 102 valence electrons. The van der Waals surface area contributed by atoms with Crippen LogP contribution in [0.4, 0.5) is 6.01 Å². The molecular weight excluding hydrogens is 228 g/mol. The molecule has 1 aromatic rings. The van der Waals surface area contributed by atoms with Crippen LogP contribution in [0.2, 0.25) is 0 Å². The van der Waals surface area contributed by atoms with Crippen molar-refractivity contribution in [2.24, 2.45) is 5.92 Å². The molecule has 0 saturated heterocycles. The number of likely N-dealkylation sites (N-methyl/N-ethyl adjacent to an activating group) is 1. The van der Waals surface area contributed by atoms with Gasteiger partial charge >= 0.3 is 6.01 Å². The highest BCUT2D eigenvalue weighted by molar-refractivity contribution is 5.20. The molecular formula is C13H24N4O. The van der Waals surface area contributed by atoms with Crippen molar-refractivity contribution in [3.8, 4) is 0 Å². The van der Waals surface area contributed by atoms with Gasteiger partial charge in [-0.05, 0) is 39.8 Å². The zero-order valence-corrected chi connectivity index (χ0v) is 11.9. The van der Waals surface area contributed by atoms with E-state index in [9.17, 15) is 0 Å². The minimum absolute atomic E-state index is 0.208. The van der Waals surface area contributed by atoms with E-state index in [4.69, 9.17) is 4.52 Å². The van der Waals surface area contributed by atoms with Gasteiger partial charge in [-0.15, -0.1) is 0 Å². The Balaban J connectivity index is 2.02. The van der Waals surface area contributed by atoms with Crippen LogP contribution >= 0.6 is 0 Å². The SMILES string of the molecule is Cc1noc(NCC2(N(C)C)CCCC(C)C2)n1. The van der Waals surface area contributed by atoms with Crippen LogP contribution < -0.4 is 5.32 Å². The molecule has 5 nitrogen and oxygen atoms in total. The first-order chi connectivity index (χ1) is 8.52. The summed E-state index contributed by atoms with van der Waals surface area (Å²) < 4.78 is 5.12. The van der Waals surface area contributed by atoms with Crippen molar-refractivity contribution < 1.29 is 4.52 Å². The number of rotatable bonds is 4. The van der Waals surface area contributed by atoms with Gasteiger partial charge in [0.2, 0.25) is 0 Å². The first kappa shape index (κ1) is 13.3. The Morgan fingerprint density at radius 2 is 2.28 bits per heavy atom. The van der Waals surface area contributed by atoms with Gasteiger partial charge in [0.1, 0.15) is 0 Å². The second-order valence-corrected chi connectivity index (χ2v) is 5.82. The molecule has 0 aliphatic heterocycles. The second kappa shape index (κ2) is 5.26. The molecule has 1 fully saturated rings. The lowest BCUT2D eigenvalue weighted by Gasteiger charge is -2.45. The predicted octanol–water partition coefficient (Wildman–Crippen LogP) is 2.30. The third-order valence-corrected chi connectivity index (χ3v) is 4.11. The second-order valence-electron chi connectivity index (χ2n) is 5.82. The van der Waals surface area contributed by atoms with E-state index in [1.165, 1.54) is 25.7 Å². The molecule has 1 aromatic heterocycles. The number of aromatic nitrogens is 2. The standard InChI is InChI=1S/C13H24N4O/c1-10-6-5-7-13(8-10,17(3)4)9-14-12-15-11(2)16-18-12/h10H,5-9H2,1-4H3,(H,14,15,16). The van der Waals surface area contributed by atoms with Gasteiger partial charge in [0.05, 0.1) is 0 Å². The Morgan fingerprint density at radius 3 is 2.83 bits per heavy atom. The van der Waals surface area contributed by atoms with Gasteiger partial charge in [0.15, 0.2) is 5.82 Å². The summed E-state index contributed by atoms with van der Waals surface area (Å²) in [5, 5.41) is 7.10. The lowest BCUT2D eigenvalue weighted by atomic mass is 9.75. The molecule has 0 bridgehead atoms. The average Bonchev–Trinajstić information content (AvgIpc) is 2.72. The molecule has 1 saturated carbocycles. The van der Waals surface area contributed by atoms with Gasteiger partial charge in [-0.25, -0.2) is 0 Å². The maximum absolute atomic E-state index is 5.12. The lowest BCUT2D eigenvalue weighted by molar-refractivity contribution is 0.0875. The molecule has 2 rings (SSSR count). The van der Waals surface area contributed by atoms with Crippen molar-refractivity contribution in [3.63, 3.8) is 0 Å². The van der Waals surface area contributed by atoms with Crippen LogP contribution in [-0.4, -0.2) is 41.2 Å². The average molecular weight is 252 g/mol. The third-order valence-electron chi connectivity index (χ3n) is 4.11. The van der Waals surface area contributed by atoms with E-state index in [0.717, 1.165) is 12.5 Å². The minimum Gasteiger partial charge on any atom is -0.336 e. The highest BCUT2D eigenvalue weighted by Crippen LogP contribution is 2.35. The zero-order chi connectivity index (χ0) is 13.2. The van der Waals surface area contributed by atoms with Crippen molar-refractivity contribution in [1.29, 1.82) is 0 Å². The van der Waals surface area contributed by atoms with E-state index in [2.05, 4.69) is 41.4 Å². The largest absolute Gasteiger partial charge is 0.336 e.